The van der Waals surface area contributed by atoms with E-state index >= 15 is 0 Å². The van der Waals surface area contributed by atoms with Crippen molar-refractivity contribution in [1.82, 2.24) is 14.8 Å². The maximum Gasteiger partial charge on any atom is 0.262 e. The van der Waals surface area contributed by atoms with E-state index in [1.54, 1.807) is 59.5 Å². The number of amides is 1. The molecule has 1 aliphatic rings. The Bertz CT molecular complexity index is 1400. The van der Waals surface area contributed by atoms with Gasteiger partial charge in [-0.25, -0.2) is 18.1 Å². The Morgan fingerprint density at radius 2 is 1.97 bits per heavy atom. The highest BCUT2D eigenvalue weighted by molar-refractivity contribution is 7.93. The molecule has 5 rings (SSSR count). The lowest BCUT2D eigenvalue weighted by Gasteiger charge is -2.13. The molecule has 9 nitrogen and oxygen atoms in total. The van der Waals surface area contributed by atoms with Crippen LogP contribution in [0.3, 0.4) is 0 Å². The van der Waals surface area contributed by atoms with Crippen molar-refractivity contribution in [1.29, 1.82) is 0 Å². The van der Waals surface area contributed by atoms with Crippen LogP contribution in [-0.2, 0) is 16.6 Å². The molecule has 2 N–H and O–H groups in total. The number of benzene rings is 3. The van der Waals surface area contributed by atoms with Gasteiger partial charge in [-0.2, -0.15) is 5.10 Å². The predicted octanol–water partition coefficient (Wildman–Crippen LogP) is 2.88. The molecule has 156 valence electrons. The first-order chi connectivity index (χ1) is 15.0. The van der Waals surface area contributed by atoms with Crippen LogP contribution in [0.5, 0.6) is 5.75 Å². The minimum atomic E-state index is -3.90. The smallest absolute Gasteiger partial charge is 0.262 e. The normalized spacial score (nSPS) is 12.7. The highest BCUT2D eigenvalue weighted by atomic mass is 32.2. The fourth-order valence-corrected chi connectivity index (χ4v) is 4.82. The van der Waals surface area contributed by atoms with Gasteiger partial charge in [-0.1, -0.05) is 18.2 Å². The van der Waals surface area contributed by atoms with E-state index in [1.165, 1.54) is 12.4 Å². The van der Waals surface area contributed by atoms with Gasteiger partial charge in [0.2, 0.25) is 0 Å². The number of nitrogens with zero attached hydrogens (tertiary/aromatic N) is 3. The van der Waals surface area contributed by atoms with E-state index in [0.717, 1.165) is 0 Å². The van der Waals surface area contributed by atoms with Gasteiger partial charge in [0, 0.05) is 28.1 Å². The topological polar surface area (TPSA) is 115 Å². The number of hydrogen-bond acceptors (Lipinski definition) is 6. The van der Waals surface area contributed by atoms with Crippen LogP contribution < -0.4 is 14.8 Å². The standard InChI is InChI=1S/C21H17N5O4S/c27-21-17-6-2-5-16-19(8-7-18(24-21)20(16)17)31(28,29)25-14-3-1-4-15(11-14)30-10-9-26-13-22-12-23-26/h1-8,11-13,25H,9-10H2,(H,24,27). The molecule has 0 aliphatic carbocycles. The zero-order chi connectivity index (χ0) is 21.4. The summed E-state index contributed by atoms with van der Waals surface area (Å²) in [5.41, 5.74) is 1.44. The average Bonchev–Trinajstić information content (AvgIpc) is 3.37. The van der Waals surface area contributed by atoms with Crippen LogP contribution in [0.2, 0.25) is 0 Å². The molecule has 31 heavy (non-hydrogen) atoms. The largest absolute Gasteiger partial charge is 0.492 e. The Labute approximate surface area is 177 Å². The molecule has 0 fully saturated rings. The van der Waals surface area contributed by atoms with Crippen LogP contribution in [0.4, 0.5) is 11.4 Å². The molecule has 1 aromatic heterocycles. The van der Waals surface area contributed by atoms with E-state index < -0.39 is 10.0 Å². The van der Waals surface area contributed by atoms with Gasteiger partial charge in [-0.15, -0.1) is 0 Å². The molecular weight excluding hydrogens is 418 g/mol. The van der Waals surface area contributed by atoms with E-state index in [1.807, 2.05) is 0 Å². The van der Waals surface area contributed by atoms with Crippen molar-refractivity contribution in [2.75, 3.05) is 16.6 Å². The molecular formula is C21H17N5O4S. The Kier molecular flexibility index (Phi) is 4.55. The third-order valence-corrected chi connectivity index (χ3v) is 6.36. The van der Waals surface area contributed by atoms with Crippen LogP contribution >= 0.6 is 0 Å². The molecule has 10 heteroatoms. The van der Waals surface area contributed by atoms with Crippen LogP contribution in [0.15, 0.2) is 72.1 Å². The summed E-state index contributed by atoms with van der Waals surface area (Å²) in [5, 5.41) is 7.86. The minimum Gasteiger partial charge on any atom is -0.492 e. The molecule has 0 bridgehead atoms. The SMILES string of the molecule is O=C1Nc2ccc(S(=O)(=O)Nc3cccc(OCCn4cncn4)c3)c3cccc1c23. The Hall–Kier alpha value is -3.92. The minimum absolute atomic E-state index is 0.0992. The van der Waals surface area contributed by atoms with Gasteiger partial charge in [0.05, 0.1) is 17.1 Å². The third kappa shape index (κ3) is 3.57. The number of carbonyl (C=O) groups excluding carboxylic acids is 1. The number of rotatable bonds is 7. The molecule has 0 radical (unpaired) electrons. The van der Waals surface area contributed by atoms with Gasteiger partial charge in [-0.3, -0.25) is 9.52 Å². The lowest BCUT2D eigenvalue weighted by Crippen LogP contribution is -2.14. The van der Waals surface area contributed by atoms with Gasteiger partial charge in [-0.05, 0) is 30.3 Å². The summed E-state index contributed by atoms with van der Waals surface area (Å²) in [7, 11) is -3.90. The summed E-state index contributed by atoms with van der Waals surface area (Å²) in [4.78, 5) is 16.1. The number of anilines is 2. The number of hydrogen-bond donors (Lipinski definition) is 2. The van der Waals surface area contributed by atoms with E-state index in [9.17, 15) is 13.2 Å². The maximum absolute atomic E-state index is 13.1. The number of aromatic nitrogens is 3. The van der Waals surface area contributed by atoms with E-state index in [4.69, 9.17) is 4.74 Å². The molecule has 0 saturated carbocycles. The van der Waals surface area contributed by atoms with Crippen molar-refractivity contribution in [2.45, 2.75) is 11.4 Å². The zero-order valence-electron chi connectivity index (χ0n) is 16.1. The molecule has 0 atom stereocenters. The van der Waals surface area contributed by atoms with Gasteiger partial charge < -0.3 is 10.1 Å². The molecule has 0 unspecified atom stereocenters. The monoisotopic (exact) mass is 435 g/mol. The maximum atomic E-state index is 13.1. The molecule has 1 aliphatic heterocycles. The van der Waals surface area contributed by atoms with Crippen molar-refractivity contribution in [3.8, 4) is 5.75 Å². The summed E-state index contributed by atoms with van der Waals surface area (Å²) < 4.78 is 36.2. The second-order valence-corrected chi connectivity index (χ2v) is 8.58. The van der Waals surface area contributed by atoms with Crippen LogP contribution in [0, 0.1) is 0 Å². The Balaban J connectivity index is 1.39. The van der Waals surface area contributed by atoms with Crippen molar-refractivity contribution in [2.24, 2.45) is 0 Å². The van der Waals surface area contributed by atoms with E-state index in [2.05, 4.69) is 20.1 Å². The predicted molar refractivity (Wildman–Crippen MR) is 115 cm³/mol. The fraction of sp³-hybridized carbons (Fsp3) is 0.0952. The molecule has 2 heterocycles. The quantitative estimate of drug-likeness (QED) is 0.461. The zero-order valence-corrected chi connectivity index (χ0v) is 17.0. The summed E-state index contributed by atoms with van der Waals surface area (Å²) >= 11 is 0. The lowest BCUT2D eigenvalue weighted by atomic mass is 10.1. The Morgan fingerprint density at radius 3 is 2.81 bits per heavy atom. The van der Waals surface area contributed by atoms with E-state index in [-0.39, 0.29) is 10.8 Å². The van der Waals surface area contributed by atoms with Crippen molar-refractivity contribution < 1.29 is 17.9 Å². The lowest BCUT2D eigenvalue weighted by molar-refractivity contribution is 0.103. The second-order valence-electron chi connectivity index (χ2n) is 6.93. The first-order valence-corrected chi connectivity index (χ1v) is 10.9. The molecule has 0 saturated heterocycles. The number of carbonyl (C=O) groups is 1. The van der Waals surface area contributed by atoms with Gasteiger partial charge in [0.25, 0.3) is 15.9 Å². The van der Waals surface area contributed by atoms with Crippen LogP contribution in [0.1, 0.15) is 10.4 Å². The highest BCUT2D eigenvalue weighted by Crippen LogP contribution is 2.37. The summed E-state index contributed by atoms with van der Waals surface area (Å²) in [6.07, 6.45) is 3.04. The fourth-order valence-electron chi connectivity index (χ4n) is 3.56. The van der Waals surface area contributed by atoms with Gasteiger partial charge in [0.15, 0.2) is 0 Å². The molecule has 1 amide bonds. The van der Waals surface area contributed by atoms with E-state index in [0.29, 0.717) is 46.6 Å². The molecule has 0 spiro atoms. The first kappa shape index (κ1) is 19.1. The number of nitrogens with one attached hydrogen (secondary N) is 2. The Morgan fingerprint density at radius 1 is 1.10 bits per heavy atom. The summed E-state index contributed by atoms with van der Waals surface area (Å²) in [5.74, 6) is 0.286. The summed E-state index contributed by atoms with van der Waals surface area (Å²) in [6.45, 7) is 0.874. The van der Waals surface area contributed by atoms with Crippen molar-refractivity contribution in [3.63, 3.8) is 0 Å². The van der Waals surface area contributed by atoms with Gasteiger partial charge >= 0.3 is 0 Å². The van der Waals surface area contributed by atoms with Crippen molar-refractivity contribution in [3.05, 3.63) is 72.8 Å². The second kappa shape index (κ2) is 7.40. The molecule has 4 aromatic rings. The van der Waals surface area contributed by atoms with Crippen LogP contribution in [0.25, 0.3) is 10.8 Å². The van der Waals surface area contributed by atoms with Crippen molar-refractivity contribution >= 4 is 38.1 Å². The number of ether oxygens (including phenoxy) is 1. The number of sulfonamides is 1. The third-order valence-electron chi connectivity index (χ3n) is 4.92. The average molecular weight is 435 g/mol. The first-order valence-electron chi connectivity index (χ1n) is 9.46. The highest BCUT2D eigenvalue weighted by Gasteiger charge is 2.26. The molecule has 3 aromatic carbocycles. The van der Waals surface area contributed by atoms with Gasteiger partial charge in [0.1, 0.15) is 25.0 Å². The summed E-state index contributed by atoms with van der Waals surface area (Å²) in [6, 6.07) is 14.9. The van der Waals surface area contributed by atoms with Crippen LogP contribution in [-0.4, -0.2) is 35.7 Å².